The van der Waals surface area contributed by atoms with Crippen molar-refractivity contribution in [2.75, 3.05) is 17.8 Å². The van der Waals surface area contributed by atoms with Crippen molar-refractivity contribution < 1.29 is 30.0 Å². The van der Waals surface area contributed by atoms with Crippen LogP contribution in [0.3, 0.4) is 0 Å². The number of halogens is 1. The Balaban J connectivity index is 1.84. The highest BCUT2D eigenvalue weighted by molar-refractivity contribution is 9.09. The number of hydrogen-bond acceptors (Lipinski definition) is 8. The monoisotopic (exact) mass is 608 g/mol. The van der Waals surface area contributed by atoms with Gasteiger partial charge in [0.05, 0.1) is 12.5 Å². The number of ketones is 1. The molecule has 11 heteroatoms. The molecule has 188 valence electrons. The highest BCUT2D eigenvalue weighted by Crippen LogP contribution is 2.42. The van der Waals surface area contributed by atoms with E-state index in [0.717, 1.165) is 29.8 Å². The maximum Gasteiger partial charge on any atom is 0.306 e. The Kier molecular flexibility index (Phi) is 7.56. The van der Waals surface area contributed by atoms with Gasteiger partial charge >= 0.3 is 20.2 Å². The Morgan fingerprint density at radius 2 is 1.42 bits per heavy atom. The fraction of sp³-hybridized carbons (Fsp3) is 0.160. The molecule has 0 aliphatic heterocycles. The van der Waals surface area contributed by atoms with Crippen molar-refractivity contribution in [3.05, 3.63) is 83.4 Å². The van der Waals surface area contributed by atoms with Crippen LogP contribution in [-0.4, -0.2) is 40.5 Å². The van der Waals surface area contributed by atoms with Crippen molar-refractivity contribution in [3.63, 3.8) is 0 Å². The molecule has 0 fully saturated rings. The lowest BCUT2D eigenvalue weighted by atomic mass is 9.96. The SMILES string of the molecule is CS(=O)(=O)Oc1ccc(-c2sc3cc(OS(C)(=O)=O)ccc3c2C(=O)c2ccc(CCBr)cc2)cc1. The summed E-state index contributed by atoms with van der Waals surface area (Å²) in [6.07, 6.45) is 2.76. The van der Waals surface area contributed by atoms with Crippen molar-refractivity contribution in [1.82, 2.24) is 0 Å². The topological polar surface area (TPSA) is 104 Å². The van der Waals surface area contributed by atoms with E-state index in [1.807, 2.05) is 12.1 Å². The predicted octanol–water partition coefficient (Wildman–Crippen LogP) is 5.41. The largest absolute Gasteiger partial charge is 0.383 e. The molecule has 0 atom stereocenters. The molecule has 0 bridgehead atoms. The summed E-state index contributed by atoms with van der Waals surface area (Å²) in [7, 11) is -7.40. The van der Waals surface area contributed by atoms with E-state index in [2.05, 4.69) is 15.9 Å². The van der Waals surface area contributed by atoms with Gasteiger partial charge in [-0.1, -0.05) is 40.2 Å². The number of carbonyl (C=O) groups is 1. The Hall–Kier alpha value is -2.73. The van der Waals surface area contributed by atoms with Crippen molar-refractivity contribution in [3.8, 4) is 21.9 Å². The van der Waals surface area contributed by atoms with Gasteiger partial charge in [-0.15, -0.1) is 11.3 Å². The summed E-state index contributed by atoms with van der Waals surface area (Å²) in [5, 5.41) is 1.47. The van der Waals surface area contributed by atoms with Crippen molar-refractivity contribution in [2.45, 2.75) is 6.42 Å². The average molecular weight is 610 g/mol. The molecular weight excluding hydrogens is 588 g/mol. The zero-order valence-electron chi connectivity index (χ0n) is 19.2. The Bertz CT molecular complexity index is 1640. The fourth-order valence-electron chi connectivity index (χ4n) is 3.65. The van der Waals surface area contributed by atoms with Gasteiger partial charge in [-0.3, -0.25) is 4.79 Å². The van der Waals surface area contributed by atoms with E-state index in [1.165, 1.54) is 29.5 Å². The predicted molar refractivity (Wildman–Crippen MR) is 146 cm³/mol. The first-order valence-electron chi connectivity index (χ1n) is 10.6. The first-order valence-corrected chi connectivity index (χ1v) is 16.2. The van der Waals surface area contributed by atoms with Gasteiger partial charge in [0.1, 0.15) is 11.5 Å². The standard InChI is InChI=1S/C25H21BrO7S3/c1-35(28,29)32-19-9-7-18(8-10-19)25-23(24(27)17-5-3-16(4-6-17)13-14-26)21-12-11-20(15-22(21)34-25)33-36(2,30)31/h3-12,15H,13-14H2,1-2H3. The van der Waals surface area contributed by atoms with Crippen LogP contribution >= 0.6 is 27.3 Å². The first-order chi connectivity index (χ1) is 16.9. The quantitative estimate of drug-likeness (QED) is 0.142. The Morgan fingerprint density at radius 3 is 2.00 bits per heavy atom. The Morgan fingerprint density at radius 1 is 0.833 bits per heavy atom. The van der Waals surface area contributed by atoms with Crippen LogP contribution in [0.5, 0.6) is 11.5 Å². The normalized spacial score (nSPS) is 12.0. The molecule has 0 unspecified atom stereocenters. The summed E-state index contributed by atoms with van der Waals surface area (Å²) in [5.74, 6) is 0.115. The minimum atomic E-state index is -3.72. The molecule has 0 aliphatic rings. The van der Waals surface area contributed by atoms with Crippen LogP contribution in [0.15, 0.2) is 66.7 Å². The summed E-state index contributed by atoms with van der Waals surface area (Å²) < 4.78 is 56.7. The summed E-state index contributed by atoms with van der Waals surface area (Å²) in [6.45, 7) is 0. The number of benzene rings is 3. The van der Waals surface area contributed by atoms with Crippen LogP contribution in [0, 0.1) is 0 Å². The summed E-state index contributed by atoms with van der Waals surface area (Å²) in [6, 6.07) is 18.6. The molecule has 7 nitrogen and oxygen atoms in total. The van der Waals surface area contributed by atoms with Gasteiger partial charge < -0.3 is 8.37 Å². The number of carbonyl (C=O) groups excluding carboxylic acids is 1. The van der Waals surface area contributed by atoms with Gasteiger partial charge in [0, 0.05) is 31.4 Å². The third-order valence-corrected chi connectivity index (χ3v) is 7.69. The highest BCUT2D eigenvalue weighted by Gasteiger charge is 2.22. The molecule has 0 radical (unpaired) electrons. The molecule has 0 amide bonds. The Labute approximate surface area is 222 Å². The van der Waals surface area contributed by atoms with E-state index in [4.69, 9.17) is 8.37 Å². The van der Waals surface area contributed by atoms with Gasteiger partial charge in [-0.25, -0.2) is 0 Å². The van der Waals surface area contributed by atoms with Crippen LogP contribution in [-0.2, 0) is 26.7 Å². The number of aryl methyl sites for hydroxylation is 1. The van der Waals surface area contributed by atoms with Crippen molar-refractivity contribution in [2.24, 2.45) is 0 Å². The molecule has 4 rings (SSSR count). The maximum absolute atomic E-state index is 13.7. The first kappa shape index (κ1) is 26.3. The van der Waals surface area contributed by atoms with Gasteiger partial charge in [0.25, 0.3) is 0 Å². The van der Waals surface area contributed by atoms with E-state index in [0.29, 0.717) is 31.7 Å². The van der Waals surface area contributed by atoms with Crippen molar-refractivity contribution >= 4 is 63.4 Å². The molecule has 1 heterocycles. The second kappa shape index (κ2) is 10.3. The lowest BCUT2D eigenvalue weighted by molar-refractivity contribution is 0.104. The number of rotatable bonds is 9. The highest BCUT2D eigenvalue weighted by atomic mass is 79.9. The summed E-state index contributed by atoms with van der Waals surface area (Å²) in [5.41, 5.74) is 2.76. The molecule has 0 spiro atoms. The number of alkyl halides is 1. The van der Waals surface area contributed by atoms with Gasteiger partial charge in [0.2, 0.25) is 0 Å². The van der Waals surface area contributed by atoms with Crippen molar-refractivity contribution in [1.29, 1.82) is 0 Å². The summed E-state index contributed by atoms with van der Waals surface area (Å²) in [4.78, 5) is 14.4. The van der Waals surface area contributed by atoms with Crippen LogP contribution in [0.25, 0.3) is 20.5 Å². The molecule has 0 saturated heterocycles. The lowest BCUT2D eigenvalue weighted by Gasteiger charge is -2.08. The minimum absolute atomic E-state index is 0.146. The van der Waals surface area contributed by atoms with Crippen LogP contribution < -0.4 is 8.37 Å². The maximum atomic E-state index is 13.7. The fourth-order valence-corrected chi connectivity index (χ4v) is 6.25. The molecule has 0 N–H and O–H groups in total. The van der Waals surface area contributed by atoms with E-state index in [1.54, 1.807) is 36.4 Å². The minimum Gasteiger partial charge on any atom is -0.383 e. The molecule has 1 aromatic heterocycles. The molecular formula is C25H21BrO7S3. The molecule has 3 aromatic carbocycles. The van der Waals surface area contributed by atoms with Gasteiger partial charge in [-0.05, 0) is 60.0 Å². The molecule has 0 saturated carbocycles. The van der Waals surface area contributed by atoms with Gasteiger partial charge in [0.15, 0.2) is 5.78 Å². The van der Waals surface area contributed by atoms with Crippen LogP contribution in [0.2, 0.25) is 0 Å². The van der Waals surface area contributed by atoms with E-state index >= 15 is 0 Å². The second-order valence-electron chi connectivity index (χ2n) is 8.03. The third kappa shape index (κ3) is 6.33. The van der Waals surface area contributed by atoms with E-state index in [9.17, 15) is 21.6 Å². The molecule has 36 heavy (non-hydrogen) atoms. The van der Waals surface area contributed by atoms with E-state index in [-0.39, 0.29) is 17.3 Å². The van der Waals surface area contributed by atoms with E-state index < -0.39 is 20.2 Å². The van der Waals surface area contributed by atoms with Crippen LogP contribution in [0.1, 0.15) is 21.5 Å². The zero-order chi connectivity index (χ0) is 26.1. The van der Waals surface area contributed by atoms with Crippen LogP contribution in [0.4, 0.5) is 0 Å². The number of fused-ring (bicyclic) bond motifs is 1. The molecule has 0 aliphatic carbocycles. The van der Waals surface area contributed by atoms with Gasteiger partial charge in [-0.2, -0.15) is 16.8 Å². The molecule has 4 aromatic rings. The number of thiophene rings is 1. The number of hydrogen-bond donors (Lipinski definition) is 0. The second-order valence-corrected chi connectivity index (χ2v) is 13.0. The smallest absolute Gasteiger partial charge is 0.306 e. The zero-order valence-corrected chi connectivity index (χ0v) is 23.3. The third-order valence-electron chi connectivity index (χ3n) is 5.10. The average Bonchev–Trinajstić information content (AvgIpc) is 3.16. The lowest BCUT2D eigenvalue weighted by Crippen LogP contribution is -2.06. The summed E-state index contributed by atoms with van der Waals surface area (Å²) >= 11 is 4.73.